The molecular formula is C17H31NO2S2. The molecule has 1 saturated heterocycles. The van der Waals surface area contributed by atoms with Crippen molar-refractivity contribution < 1.29 is 9.53 Å². The van der Waals surface area contributed by atoms with Gasteiger partial charge in [-0.3, -0.25) is 0 Å². The van der Waals surface area contributed by atoms with Crippen LogP contribution in [-0.4, -0.2) is 36.7 Å². The smallest absolute Gasteiger partial charge is 0.333 e. The molecule has 0 aromatic heterocycles. The lowest BCUT2D eigenvalue weighted by Gasteiger charge is -2.07. The van der Waals surface area contributed by atoms with Crippen molar-refractivity contribution in [2.24, 2.45) is 0 Å². The average Bonchev–Trinajstić information content (AvgIpc) is 3.01. The van der Waals surface area contributed by atoms with Crippen molar-refractivity contribution in [1.82, 2.24) is 5.32 Å². The molecular weight excluding hydrogens is 314 g/mol. The number of carbonyl (C=O) groups is 1. The molecule has 3 nitrogen and oxygen atoms in total. The van der Waals surface area contributed by atoms with Gasteiger partial charge in [-0.15, -0.1) is 0 Å². The molecule has 0 spiro atoms. The first-order valence-electron chi connectivity index (χ1n) is 8.52. The molecule has 1 fully saturated rings. The summed E-state index contributed by atoms with van der Waals surface area (Å²) >= 11 is 0. The zero-order valence-corrected chi connectivity index (χ0v) is 15.5. The van der Waals surface area contributed by atoms with Crippen molar-refractivity contribution in [3.63, 3.8) is 0 Å². The highest BCUT2D eigenvalue weighted by Crippen LogP contribution is 2.39. The summed E-state index contributed by atoms with van der Waals surface area (Å²) in [5.41, 5.74) is 0.471. The minimum Gasteiger partial charge on any atom is -0.462 e. The number of hydrogen-bond acceptors (Lipinski definition) is 5. The molecule has 1 aliphatic heterocycles. The van der Waals surface area contributed by atoms with E-state index in [-0.39, 0.29) is 5.97 Å². The highest BCUT2D eigenvalue weighted by Gasteiger charge is 2.15. The Morgan fingerprint density at radius 2 is 1.91 bits per heavy atom. The quantitative estimate of drug-likeness (QED) is 0.229. The molecule has 1 heterocycles. The average molecular weight is 346 g/mol. The van der Waals surface area contributed by atoms with Gasteiger partial charge in [0.25, 0.3) is 0 Å². The van der Waals surface area contributed by atoms with E-state index in [1.807, 2.05) is 10.8 Å². The zero-order valence-electron chi connectivity index (χ0n) is 13.9. The number of esters is 1. The monoisotopic (exact) mass is 345 g/mol. The predicted molar refractivity (Wildman–Crippen MR) is 99.4 cm³/mol. The Bertz CT molecular complexity index is 318. The van der Waals surface area contributed by atoms with E-state index in [4.69, 9.17) is 4.74 Å². The van der Waals surface area contributed by atoms with E-state index in [1.165, 1.54) is 50.7 Å². The molecule has 1 aliphatic rings. The number of ether oxygens (including phenoxy) is 1. The van der Waals surface area contributed by atoms with Crippen LogP contribution in [0.3, 0.4) is 0 Å². The lowest BCUT2D eigenvalue weighted by atomic mass is 10.1. The molecule has 0 aliphatic carbocycles. The summed E-state index contributed by atoms with van der Waals surface area (Å²) in [7, 11) is 4.14. The van der Waals surface area contributed by atoms with Gasteiger partial charge in [-0.2, -0.15) is 0 Å². The summed E-state index contributed by atoms with van der Waals surface area (Å²) in [5.74, 6) is 1.07. The van der Waals surface area contributed by atoms with Gasteiger partial charge in [-0.05, 0) is 45.7 Å². The molecule has 0 aromatic carbocycles. The Morgan fingerprint density at radius 3 is 2.64 bits per heavy atom. The second-order valence-corrected chi connectivity index (χ2v) is 8.69. The third kappa shape index (κ3) is 10.6. The van der Waals surface area contributed by atoms with E-state index < -0.39 is 0 Å². The van der Waals surface area contributed by atoms with Gasteiger partial charge >= 0.3 is 5.97 Å². The molecule has 0 radical (unpaired) electrons. The topological polar surface area (TPSA) is 38.3 Å². The summed E-state index contributed by atoms with van der Waals surface area (Å²) in [5, 5.41) is 4.34. The maximum atomic E-state index is 11.1. The van der Waals surface area contributed by atoms with Crippen molar-refractivity contribution in [1.29, 1.82) is 0 Å². The van der Waals surface area contributed by atoms with Crippen molar-refractivity contribution in [3.05, 3.63) is 12.2 Å². The van der Waals surface area contributed by atoms with Crippen molar-refractivity contribution in [2.45, 2.75) is 63.5 Å². The lowest BCUT2D eigenvalue weighted by molar-refractivity contribution is -0.139. The third-order valence-corrected chi connectivity index (χ3v) is 6.69. The maximum Gasteiger partial charge on any atom is 0.333 e. The highest BCUT2D eigenvalue weighted by molar-refractivity contribution is 8.77. The van der Waals surface area contributed by atoms with E-state index in [0.717, 1.165) is 24.8 Å². The van der Waals surface area contributed by atoms with Crippen LogP contribution < -0.4 is 5.32 Å². The maximum absolute atomic E-state index is 11.1. The van der Waals surface area contributed by atoms with Crippen LogP contribution in [0.5, 0.6) is 0 Å². The van der Waals surface area contributed by atoms with Crippen molar-refractivity contribution in [3.8, 4) is 0 Å². The minimum atomic E-state index is -0.283. The fourth-order valence-electron chi connectivity index (χ4n) is 2.33. The minimum absolute atomic E-state index is 0.283. The second-order valence-electron chi connectivity index (χ2n) is 5.91. The fraction of sp³-hybridized carbons (Fsp3) is 0.824. The number of carbonyl (C=O) groups excluding carboxylic acids is 1. The number of nitrogens with one attached hydrogen (secondary N) is 1. The van der Waals surface area contributed by atoms with E-state index in [0.29, 0.717) is 12.2 Å². The second kappa shape index (κ2) is 13.3. The third-order valence-electron chi connectivity index (χ3n) is 3.69. The van der Waals surface area contributed by atoms with Gasteiger partial charge in [0.2, 0.25) is 0 Å². The van der Waals surface area contributed by atoms with Crippen molar-refractivity contribution in [2.75, 3.05) is 25.4 Å². The van der Waals surface area contributed by atoms with Crippen LogP contribution >= 0.6 is 21.6 Å². The number of rotatable bonds is 13. The molecule has 128 valence electrons. The Balaban J connectivity index is 1.72. The van der Waals surface area contributed by atoms with Crippen LogP contribution in [0.2, 0.25) is 0 Å². The van der Waals surface area contributed by atoms with E-state index in [2.05, 4.69) is 22.7 Å². The Kier molecular flexibility index (Phi) is 12.1. The summed E-state index contributed by atoms with van der Waals surface area (Å²) in [6.07, 6.45) is 10.4. The molecule has 0 aromatic rings. The van der Waals surface area contributed by atoms with Gasteiger partial charge < -0.3 is 10.1 Å². The number of hydrogen-bond donors (Lipinski definition) is 1. The normalized spacial score (nSPS) is 17.6. The van der Waals surface area contributed by atoms with Gasteiger partial charge in [-0.25, -0.2) is 4.79 Å². The van der Waals surface area contributed by atoms with E-state index >= 15 is 0 Å². The first-order chi connectivity index (χ1) is 10.7. The molecule has 22 heavy (non-hydrogen) atoms. The van der Waals surface area contributed by atoms with Gasteiger partial charge in [0, 0.05) is 16.6 Å². The molecule has 0 amide bonds. The molecule has 5 heteroatoms. The molecule has 1 N–H and O–H groups in total. The van der Waals surface area contributed by atoms with Gasteiger partial charge in [-0.1, -0.05) is 53.9 Å². The zero-order chi connectivity index (χ0) is 16.0. The summed E-state index contributed by atoms with van der Waals surface area (Å²) in [4.78, 5) is 11.1. The standard InChI is InChI=1S/C17H31NO2S2/c1-15(2)17(19)20-13-8-12-18-11-7-5-3-4-6-9-16-10-14-21-22-16/h16,18H,1,3-14H2,2H3. The largest absolute Gasteiger partial charge is 0.462 e. The van der Waals surface area contributed by atoms with Gasteiger partial charge in [0.1, 0.15) is 0 Å². The molecule has 0 bridgehead atoms. The van der Waals surface area contributed by atoms with Crippen LogP contribution in [0, 0.1) is 0 Å². The Hall–Kier alpha value is -0.130. The molecule has 1 rings (SSSR count). The predicted octanol–water partition coefficient (Wildman–Crippen LogP) is 4.58. The van der Waals surface area contributed by atoms with Crippen LogP contribution in [-0.2, 0) is 9.53 Å². The first kappa shape index (κ1) is 19.9. The SMILES string of the molecule is C=C(C)C(=O)OCCCNCCCCCCCC1CCSS1. The Labute approximate surface area is 143 Å². The molecule has 1 atom stereocenters. The van der Waals surface area contributed by atoms with E-state index in [1.54, 1.807) is 6.92 Å². The van der Waals surface area contributed by atoms with Crippen molar-refractivity contribution >= 4 is 27.6 Å². The summed E-state index contributed by atoms with van der Waals surface area (Å²) in [6, 6.07) is 0. The van der Waals surface area contributed by atoms with Crippen LogP contribution in [0.25, 0.3) is 0 Å². The lowest BCUT2D eigenvalue weighted by Crippen LogP contribution is -2.19. The first-order valence-corrected chi connectivity index (χ1v) is 10.9. The van der Waals surface area contributed by atoms with Crippen LogP contribution in [0.1, 0.15) is 58.3 Å². The highest BCUT2D eigenvalue weighted by atomic mass is 33.1. The summed E-state index contributed by atoms with van der Waals surface area (Å²) < 4.78 is 5.04. The van der Waals surface area contributed by atoms with E-state index in [9.17, 15) is 4.79 Å². The van der Waals surface area contributed by atoms with Gasteiger partial charge in [0.15, 0.2) is 0 Å². The summed E-state index contributed by atoms with van der Waals surface area (Å²) in [6.45, 7) is 7.70. The fourth-order valence-corrected chi connectivity index (χ4v) is 5.35. The van der Waals surface area contributed by atoms with Gasteiger partial charge in [0.05, 0.1) is 6.61 Å². The molecule has 1 unspecified atom stereocenters. The Morgan fingerprint density at radius 1 is 1.18 bits per heavy atom. The number of unbranched alkanes of at least 4 members (excludes halogenated alkanes) is 4. The van der Waals surface area contributed by atoms with Crippen LogP contribution in [0.4, 0.5) is 0 Å². The molecule has 0 saturated carbocycles. The van der Waals surface area contributed by atoms with Crippen LogP contribution in [0.15, 0.2) is 12.2 Å².